The van der Waals surface area contributed by atoms with Gasteiger partial charge in [-0.2, -0.15) is 13.2 Å². The lowest BCUT2D eigenvalue weighted by molar-refractivity contribution is -0.185. The van der Waals surface area contributed by atoms with Crippen molar-refractivity contribution in [3.05, 3.63) is 0 Å². The Labute approximate surface area is 127 Å². The number of rotatable bonds is 9. The lowest BCUT2D eigenvalue weighted by Gasteiger charge is -2.32. The molecule has 1 aliphatic rings. The highest BCUT2D eigenvalue weighted by atomic mass is 19.4. The Balaban J connectivity index is 2.07. The van der Waals surface area contributed by atoms with Crippen LogP contribution in [0.15, 0.2) is 0 Å². The van der Waals surface area contributed by atoms with Crippen LogP contribution in [0.5, 0.6) is 0 Å². The van der Waals surface area contributed by atoms with Gasteiger partial charge in [0.25, 0.3) is 0 Å². The van der Waals surface area contributed by atoms with Gasteiger partial charge >= 0.3 is 6.18 Å². The van der Waals surface area contributed by atoms with Gasteiger partial charge in [0.15, 0.2) is 0 Å². The van der Waals surface area contributed by atoms with Gasteiger partial charge in [0.1, 0.15) is 0 Å². The molecule has 21 heavy (non-hydrogen) atoms. The van der Waals surface area contributed by atoms with Gasteiger partial charge in [0.05, 0.1) is 12.0 Å². The molecule has 1 N–H and O–H groups in total. The summed E-state index contributed by atoms with van der Waals surface area (Å²) in [4.78, 5) is 0. The third-order valence-electron chi connectivity index (χ3n) is 4.88. The van der Waals surface area contributed by atoms with Crippen LogP contribution in [0, 0.1) is 11.8 Å². The fourth-order valence-corrected chi connectivity index (χ4v) is 3.38. The Morgan fingerprint density at radius 1 is 0.905 bits per heavy atom. The Bertz CT molecular complexity index is 257. The maximum atomic E-state index is 12.6. The first-order valence-corrected chi connectivity index (χ1v) is 8.70. The molecule has 0 spiro atoms. The highest BCUT2D eigenvalue weighted by Crippen LogP contribution is 2.40. The number of unbranched alkanes of at least 4 members (excludes halogenated alkanes) is 6. The molecule has 126 valence electrons. The number of aliphatic hydroxyl groups excluding tert-OH is 1. The van der Waals surface area contributed by atoms with E-state index in [1.807, 2.05) is 0 Å². The quantitative estimate of drug-likeness (QED) is 0.529. The smallest absolute Gasteiger partial charge is 0.391 e. The van der Waals surface area contributed by atoms with Crippen LogP contribution in [0.2, 0.25) is 0 Å². The van der Waals surface area contributed by atoms with Crippen LogP contribution < -0.4 is 0 Å². The summed E-state index contributed by atoms with van der Waals surface area (Å²) in [5.41, 5.74) is 0. The number of alkyl halides is 3. The van der Waals surface area contributed by atoms with Crippen molar-refractivity contribution in [3.8, 4) is 0 Å². The van der Waals surface area contributed by atoms with E-state index in [0.29, 0.717) is 12.8 Å². The van der Waals surface area contributed by atoms with E-state index in [-0.39, 0.29) is 18.8 Å². The second kappa shape index (κ2) is 9.70. The summed E-state index contributed by atoms with van der Waals surface area (Å²) in [7, 11) is 0. The minimum Gasteiger partial charge on any atom is -0.393 e. The van der Waals surface area contributed by atoms with E-state index in [0.717, 1.165) is 19.3 Å². The molecule has 0 saturated heterocycles. The number of hydrogen-bond donors (Lipinski definition) is 1. The van der Waals surface area contributed by atoms with E-state index >= 15 is 0 Å². The van der Waals surface area contributed by atoms with Crippen molar-refractivity contribution in [1.29, 1.82) is 0 Å². The molecule has 1 unspecified atom stereocenters. The van der Waals surface area contributed by atoms with E-state index in [4.69, 9.17) is 0 Å². The first-order valence-electron chi connectivity index (χ1n) is 8.70. The minimum atomic E-state index is -4.05. The minimum absolute atomic E-state index is 0.0868. The SMILES string of the molecule is CCCCCCCCCC(O)C1CCC(C(F)(F)F)CC1. The van der Waals surface area contributed by atoms with Crippen molar-refractivity contribution in [1.82, 2.24) is 0 Å². The van der Waals surface area contributed by atoms with Gasteiger partial charge < -0.3 is 5.11 Å². The zero-order valence-electron chi connectivity index (χ0n) is 13.3. The largest absolute Gasteiger partial charge is 0.393 e. The standard InChI is InChI=1S/C17H31F3O/c1-2-3-4-5-6-7-8-9-16(21)14-10-12-15(13-11-14)17(18,19)20/h14-16,21H,2-13H2,1H3. The van der Waals surface area contributed by atoms with Crippen molar-refractivity contribution in [2.45, 2.75) is 96.3 Å². The topological polar surface area (TPSA) is 20.2 Å². The molecule has 1 fully saturated rings. The average Bonchev–Trinajstić information content (AvgIpc) is 2.45. The van der Waals surface area contributed by atoms with Crippen molar-refractivity contribution in [3.63, 3.8) is 0 Å². The Kier molecular flexibility index (Phi) is 8.69. The molecule has 0 aromatic carbocycles. The molecule has 0 heterocycles. The van der Waals surface area contributed by atoms with Gasteiger partial charge in [-0.25, -0.2) is 0 Å². The monoisotopic (exact) mass is 308 g/mol. The maximum Gasteiger partial charge on any atom is 0.391 e. The summed E-state index contributed by atoms with van der Waals surface area (Å²) < 4.78 is 37.7. The molecule has 1 atom stereocenters. The van der Waals surface area contributed by atoms with Gasteiger partial charge in [-0.15, -0.1) is 0 Å². The lowest BCUT2D eigenvalue weighted by atomic mass is 9.78. The Morgan fingerprint density at radius 2 is 1.43 bits per heavy atom. The second-order valence-electron chi connectivity index (χ2n) is 6.63. The van der Waals surface area contributed by atoms with Crippen molar-refractivity contribution in [2.24, 2.45) is 11.8 Å². The number of hydrogen-bond acceptors (Lipinski definition) is 1. The highest BCUT2D eigenvalue weighted by Gasteiger charge is 2.42. The van der Waals surface area contributed by atoms with Crippen LogP contribution in [0.1, 0.15) is 84.0 Å². The van der Waals surface area contributed by atoms with E-state index < -0.39 is 18.2 Å². The summed E-state index contributed by atoms with van der Waals surface area (Å²) in [6.07, 6.45) is 6.23. The Morgan fingerprint density at radius 3 is 1.95 bits per heavy atom. The Hall–Kier alpha value is -0.250. The van der Waals surface area contributed by atoms with E-state index in [1.54, 1.807) is 0 Å². The summed E-state index contributed by atoms with van der Waals surface area (Å²) in [6.45, 7) is 2.20. The zero-order valence-corrected chi connectivity index (χ0v) is 13.3. The van der Waals surface area contributed by atoms with E-state index in [9.17, 15) is 18.3 Å². The van der Waals surface area contributed by atoms with Gasteiger partial charge in [0, 0.05) is 0 Å². The summed E-state index contributed by atoms with van der Waals surface area (Å²) in [6, 6.07) is 0. The third kappa shape index (κ3) is 7.53. The fraction of sp³-hybridized carbons (Fsp3) is 1.00. The molecular formula is C17H31F3O. The van der Waals surface area contributed by atoms with Crippen LogP contribution in [0.4, 0.5) is 13.2 Å². The number of halogens is 3. The lowest BCUT2D eigenvalue weighted by Crippen LogP contribution is -2.32. The summed E-state index contributed by atoms with van der Waals surface area (Å²) in [5.74, 6) is -1.05. The van der Waals surface area contributed by atoms with Crippen LogP contribution >= 0.6 is 0 Å². The first kappa shape index (κ1) is 18.8. The van der Waals surface area contributed by atoms with Crippen molar-refractivity contribution >= 4 is 0 Å². The van der Waals surface area contributed by atoms with Crippen molar-refractivity contribution < 1.29 is 18.3 Å². The molecule has 0 aromatic heterocycles. The van der Waals surface area contributed by atoms with Gasteiger partial charge in [-0.1, -0.05) is 51.9 Å². The molecule has 0 bridgehead atoms. The fourth-order valence-electron chi connectivity index (χ4n) is 3.38. The molecule has 4 heteroatoms. The van der Waals surface area contributed by atoms with Crippen LogP contribution in [-0.2, 0) is 0 Å². The third-order valence-corrected chi connectivity index (χ3v) is 4.88. The van der Waals surface area contributed by atoms with E-state index in [1.165, 1.54) is 32.1 Å². The van der Waals surface area contributed by atoms with Crippen LogP contribution in [0.25, 0.3) is 0 Å². The normalized spacial score (nSPS) is 25.0. The zero-order chi connectivity index (χ0) is 15.7. The summed E-state index contributed by atoms with van der Waals surface area (Å²) in [5, 5.41) is 10.1. The van der Waals surface area contributed by atoms with E-state index in [2.05, 4.69) is 6.92 Å². The van der Waals surface area contributed by atoms with Crippen LogP contribution in [-0.4, -0.2) is 17.4 Å². The first-order chi connectivity index (χ1) is 9.95. The molecule has 0 radical (unpaired) electrons. The van der Waals surface area contributed by atoms with Crippen molar-refractivity contribution in [2.75, 3.05) is 0 Å². The summed E-state index contributed by atoms with van der Waals surface area (Å²) >= 11 is 0. The molecular weight excluding hydrogens is 277 g/mol. The maximum absolute atomic E-state index is 12.6. The molecule has 1 nitrogen and oxygen atoms in total. The predicted molar refractivity (Wildman–Crippen MR) is 80.1 cm³/mol. The average molecular weight is 308 g/mol. The molecule has 1 rings (SSSR count). The molecule has 0 aromatic rings. The highest BCUT2D eigenvalue weighted by molar-refractivity contribution is 4.80. The molecule has 1 saturated carbocycles. The molecule has 0 aliphatic heterocycles. The van der Waals surface area contributed by atoms with Crippen LogP contribution in [0.3, 0.4) is 0 Å². The molecule has 0 amide bonds. The number of aliphatic hydroxyl groups is 1. The van der Waals surface area contributed by atoms with Gasteiger partial charge in [-0.3, -0.25) is 0 Å². The van der Waals surface area contributed by atoms with Gasteiger partial charge in [-0.05, 0) is 38.0 Å². The predicted octanol–water partition coefficient (Wildman–Crippen LogP) is 5.86. The van der Waals surface area contributed by atoms with Gasteiger partial charge in [0.2, 0.25) is 0 Å². The second-order valence-corrected chi connectivity index (χ2v) is 6.63. The molecule has 1 aliphatic carbocycles.